The Morgan fingerprint density at radius 2 is 1.83 bits per heavy atom. The molecule has 7 rings (SSSR count). The van der Waals surface area contributed by atoms with Crippen LogP contribution in [0.2, 0.25) is 5.02 Å². The van der Waals surface area contributed by atoms with E-state index >= 15 is 0 Å². The number of carbonyl (C=O) groups excluding carboxylic acids is 1. The van der Waals surface area contributed by atoms with Crippen molar-refractivity contribution in [2.75, 3.05) is 42.5 Å². The number of allylic oxidation sites excluding steroid dienone is 2. The number of rotatable bonds is 5. The Bertz CT molecular complexity index is 1650. The molecule has 3 aliphatic rings. The van der Waals surface area contributed by atoms with Gasteiger partial charge in [-0.2, -0.15) is 0 Å². The summed E-state index contributed by atoms with van der Waals surface area (Å²) in [4.78, 5) is 23.0. The van der Waals surface area contributed by atoms with Crippen LogP contribution in [-0.2, 0) is 6.42 Å². The van der Waals surface area contributed by atoms with Crippen LogP contribution in [0.4, 0.5) is 11.4 Å². The Kier molecular flexibility index (Phi) is 6.95. The first-order valence-corrected chi connectivity index (χ1v) is 14.6. The molecule has 1 fully saturated rings. The molecule has 6 nitrogen and oxygen atoms in total. The summed E-state index contributed by atoms with van der Waals surface area (Å²) in [7, 11) is 0. The monoisotopic (exact) mass is 562 g/mol. The second kappa shape index (κ2) is 11.0. The van der Waals surface area contributed by atoms with Gasteiger partial charge in [0.15, 0.2) is 5.76 Å². The molecule has 0 radical (unpaired) electrons. The normalized spacial score (nSPS) is 17.0. The van der Waals surface area contributed by atoms with Gasteiger partial charge in [-0.25, -0.2) is 0 Å². The van der Waals surface area contributed by atoms with Crippen LogP contribution in [0.5, 0.6) is 0 Å². The number of furan rings is 1. The molecular formula is C34H31ClN4O2. The minimum atomic E-state index is -0.120. The Labute approximate surface area is 244 Å². The summed E-state index contributed by atoms with van der Waals surface area (Å²) in [6, 6.07) is 20.2. The molecule has 2 aromatic heterocycles. The van der Waals surface area contributed by atoms with Crippen molar-refractivity contribution >= 4 is 34.5 Å². The Morgan fingerprint density at radius 3 is 2.63 bits per heavy atom. The first kappa shape index (κ1) is 25.8. The molecule has 7 heteroatoms. The molecule has 2 aliphatic heterocycles. The van der Waals surface area contributed by atoms with Gasteiger partial charge in [0.2, 0.25) is 0 Å². The highest BCUT2D eigenvalue weighted by Gasteiger charge is 2.32. The van der Waals surface area contributed by atoms with Gasteiger partial charge in [-0.15, -0.1) is 0 Å². The SMILES string of the molecule is O=C1c2oc(-c3ccc(Cl)cc3)cc2Cc2cc(N3CCNCC3)ccc2N1CC1=C(c2cccnc2)CCC=C1. The van der Waals surface area contributed by atoms with Gasteiger partial charge in [0.05, 0.1) is 6.54 Å². The zero-order chi connectivity index (χ0) is 27.8. The van der Waals surface area contributed by atoms with Crippen LogP contribution < -0.4 is 15.1 Å². The molecule has 0 saturated carbocycles. The van der Waals surface area contributed by atoms with Crippen molar-refractivity contribution in [1.29, 1.82) is 0 Å². The quantitative estimate of drug-likeness (QED) is 0.291. The topological polar surface area (TPSA) is 61.6 Å². The summed E-state index contributed by atoms with van der Waals surface area (Å²) in [6.45, 7) is 4.32. The maximum Gasteiger partial charge on any atom is 0.294 e. The van der Waals surface area contributed by atoms with Crippen molar-refractivity contribution in [3.63, 3.8) is 0 Å². The van der Waals surface area contributed by atoms with E-state index in [2.05, 4.69) is 51.6 Å². The average Bonchev–Trinajstić information content (AvgIpc) is 3.41. The third-order valence-corrected chi connectivity index (χ3v) is 8.45. The van der Waals surface area contributed by atoms with Gasteiger partial charge in [-0.05, 0) is 89.7 Å². The molecule has 0 spiro atoms. The van der Waals surface area contributed by atoms with E-state index in [4.69, 9.17) is 16.0 Å². The fourth-order valence-corrected chi connectivity index (χ4v) is 6.22. The molecule has 4 heterocycles. The number of halogens is 1. The fraction of sp³-hybridized carbons (Fsp3) is 0.235. The molecule has 206 valence electrons. The summed E-state index contributed by atoms with van der Waals surface area (Å²) in [5.41, 5.74) is 8.52. The number of benzene rings is 2. The lowest BCUT2D eigenvalue weighted by molar-refractivity contribution is 0.0963. The molecule has 1 saturated heterocycles. The number of hydrogen-bond acceptors (Lipinski definition) is 5. The summed E-state index contributed by atoms with van der Waals surface area (Å²) in [5.74, 6) is 0.957. The van der Waals surface area contributed by atoms with Crippen LogP contribution in [-0.4, -0.2) is 43.6 Å². The van der Waals surface area contributed by atoms with E-state index < -0.39 is 0 Å². The molecule has 2 aromatic carbocycles. The van der Waals surface area contributed by atoms with E-state index in [1.54, 1.807) is 6.20 Å². The maximum atomic E-state index is 14.3. The van der Waals surface area contributed by atoms with E-state index in [0.717, 1.165) is 72.5 Å². The van der Waals surface area contributed by atoms with Crippen molar-refractivity contribution in [3.05, 3.63) is 118 Å². The van der Waals surface area contributed by atoms with Crippen LogP contribution in [0, 0.1) is 0 Å². The smallest absolute Gasteiger partial charge is 0.294 e. The van der Waals surface area contributed by atoms with Gasteiger partial charge >= 0.3 is 0 Å². The highest BCUT2D eigenvalue weighted by atomic mass is 35.5. The largest absolute Gasteiger partial charge is 0.451 e. The highest BCUT2D eigenvalue weighted by Crippen LogP contribution is 2.39. The number of aromatic nitrogens is 1. The van der Waals surface area contributed by atoms with Gasteiger partial charge < -0.3 is 19.5 Å². The van der Waals surface area contributed by atoms with Crippen LogP contribution in [0.25, 0.3) is 16.9 Å². The predicted molar refractivity (Wildman–Crippen MR) is 165 cm³/mol. The van der Waals surface area contributed by atoms with E-state index in [0.29, 0.717) is 29.5 Å². The molecule has 1 amide bonds. The second-order valence-electron chi connectivity index (χ2n) is 10.8. The van der Waals surface area contributed by atoms with Gasteiger partial charge in [0.25, 0.3) is 5.91 Å². The Morgan fingerprint density at radius 1 is 0.976 bits per heavy atom. The van der Waals surface area contributed by atoms with E-state index in [-0.39, 0.29) is 5.91 Å². The zero-order valence-corrected chi connectivity index (χ0v) is 23.5. The predicted octanol–water partition coefficient (Wildman–Crippen LogP) is 6.76. The highest BCUT2D eigenvalue weighted by molar-refractivity contribution is 6.30. The molecule has 41 heavy (non-hydrogen) atoms. The molecule has 1 aliphatic carbocycles. The van der Waals surface area contributed by atoms with Crippen molar-refractivity contribution in [2.45, 2.75) is 19.3 Å². The number of fused-ring (bicyclic) bond motifs is 2. The number of nitrogens with zero attached hydrogens (tertiary/aromatic N) is 3. The molecule has 0 bridgehead atoms. The molecule has 1 N–H and O–H groups in total. The van der Waals surface area contributed by atoms with E-state index in [1.807, 2.05) is 47.5 Å². The maximum absolute atomic E-state index is 14.3. The van der Waals surface area contributed by atoms with Gasteiger partial charge in [-0.3, -0.25) is 9.78 Å². The zero-order valence-electron chi connectivity index (χ0n) is 22.8. The summed E-state index contributed by atoms with van der Waals surface area (Å²) in [6.07, 6.45) is 10.6. The van der Waals surface area contributed by atoms with Gasteiger partial charge in [-0.1, -0.05) is 29.8 Å². The van der Waals surface area contributed by atoms with Crippen molar-refractivity contribution in [2.24, 2.45) is 0 Å². The second-order valence-corrected chi connectivity index (χ2v) is 11.2. The summed E-state index contributed by atoms with van der Waals surface area (Å²) in [5, 5.41) is 4.10. The molecule has 0 unspecified atom stereocenters. The number of anilines is 2. The average molecular weight is 563 g/mol. The van der Waals surface area contributed by atoms with Crippen molar-refractivity contribution in [1.82, 2.24) is 10.3 Å². The number of piperazine rings is 1. The third-order valence-electron chi connectivity index (χ3n) is 8.20. The lowest BCUT2D eigenvalue weighted by atomic mass is 9.92. The lowest BCUT2D eigenvalue weighted by Crippen LogP contribution is -2.43. The van der Waals surface area contributed by atoms with Crippen LogP contribution in [0.3, 0.4) is 0 Å². The van der Waals surface area contributed by atoms with Crippen molar-refractivity contribution in [3.8, 4) is 11.3 Å². The minimum Gasteiger partial charge on any atom is -0.451 e. The van der Waals surface area contributed by atoms with Crippen LogP contribution in [0.15, 0.2) is 95.2 Å². The number of amides is 1. The van der Waals surface area contributed by atoms with Crippen molar-refractivity contribution < 1.29 is 9.21 Å². The summed E-state index contributed by atoms with van der Waals surface area (Å²) >= 11 is 6.13. The van der Waals surface area contributed by atoms with Gasteiger partial charge in [0.1, 0.15) is 5.76 Å². The minimum absolute atomic E-state index is 0.120. The Balaban J connectivity index is 1.33. The molecular weight excluding hydrogens is 532 g/mol. The fourth-order valence-electron chi connectivity index (χ4n) is 6.09. The number of carbonyl (C=O) groups is 1. The number of hydrogen-bond donors (Lipinski definition) is 1. The lowest BCUT2D eigenvalue weighted by Gasteiger charge is -2.31. The van der Waals surface area contributed by atoms with Crippen LogP contribution >= 0.6 is 11.6 Å². The van der Waals surface area contributed by atoms with E-state index in [9.17, 15) is 4.79 Å². The van der Waals surface area contributed by atoms with Gasteiger partial charge in [0, 0.05) is 72.5 Å². The first-order chi connectivity index (χ1) is 20.1. The first-order valence-electron chi connectivity index (χ1n) is 14.2. The standard InChI is InChI=1S/C34H31ClN4O2/c35-28-9-7-23(8-10-28)32-20-27-18-26-19-29(38-16-14-36-15-17-38)11-12-31(26)39(34(40)33(27)41-32)22-25-4-1-2-6-30(25)24-5-3-13-37-21-24/h1,3-5,7-13,19-21,36H,2,6,14-18,22H2. The van der Waals surface area contributed by atoms with E-state index in [1.165, 1.54) is 11.3 Å². The summed E-state index contributed by atoms with van der Waals surface area (Å²) < 4.78 is 6.34. The Hall–Kier alpha value is -4.13. The van der Waals surface area contributed by atoms with Crippen LogP contribution in [0.1, 0.15) is 40.1 Å². The number of nitrogens with one attached hydrogen (secondary N) is 1. The molecule has 4 aromatic rings. The third kappa shape index (κ3) is 5.09. The molecule has 0 atom stereocenters. The number of pyridine rings is 1.